The Labute approximate surface area is 184 Å². The van der Waals surface area contributed by atoms with Crippen LogP contribution in [0, 0.1) is 18.8 Å². The van der Waals surface area contributed by atoms with E-state index in [0.717, 1.165) is 16.2 Å². The molecule has 3 rings (SSSR count). The van der Waals surface area contributed by atoms with E-state index in [1.807, 2.05) is 44.2 Å². The fraction of sp³-hybridized carbons (Fsp3) is 0.348. The van der Waals surface area contributed by atoms with Crippen molar-refractivity contribution in [3.05, 3.63) is 46.9 Å². The molecule has 1 aliphatic rings. The van der Waals surface area contributed by atoms with Gasteiger partial charge in [0.25, 0.3) is 0 Å². The predicted molar refractivity (Wildman–Crippen MR) is 119 cm³/mol. The predicted octanol–water partition coefficient (Wildman–Crippen LogP) is 4.51. The first kappa shape index (κ1) is 22.6. The molecule has 0 spiro atoms. The van der Waals surface area contributed by atoms with Crippen LogP contribution >= 0.6 is 11.3 Å². The normalized spacial score (nSPS) is 17.8. The molecule has 7 nitrogen and oxygen atoms in total. The second-order valence-electron chi connectivity index (χ2n) is 7.17. The van der Waals surface area contributed by atoms with Crippen LogP contribution in [0.25, 0.3) is 11.1 Å². The Kier molecular flexibility index (Phi) is 7.12. The van der Waals surface area contributed by atoms with E-state index in [2.05, 4.69) is 5.32 Å². The number of ether oxygens (including phenoxy) is 2. The summed E-state index contributed by atoms with van der Waals surface area (Å²) in [5.74, 6) is -2.77. The average Bonchev–Trinajstić information content (AvgIpc) is 3.09. The Balaban J connectivity index is 1.96. The highest BCUT2D eigenvalue weighted by Gasteiger charge is 2.35. The first-order chi connectivity index (χ1) is 14.9. The monoisotopic (exact) mass is 443 g/mol. The van der Waals surface area contributed by atoms with E-state index < -0.39 is 29.7 Å². The number of carbonyl (C=O) groups is 3. The van der Waals surface area contributed by atoms with Gasteiger partial charge in [0.15, 0.2) is 0 Å². The summed E-state index contributed by atoms with van der Waals surface area (Å²) in [6.45, 7) is 4.31. The summed E-state index contributed by atoms with van der Waals surface area (Å²) in [5, 5.41) is 12.6. The van der Waals surface area contributed by atoms with Crippen molar-refractivity contribution in [3.63, 3.8) is 0 Å². The van der Waals surface area contributed by atoms with Gasteiger partial charge in [-0.3, -0.25) is 9.59 Å². The Morgan fingerprint density at radius 1 is 1.13 bits per heavy atom. The first-order valence-electron chi connectivity index (χ1n) is 10.0. The molecule has 2 aromatic rings. The van der Waals surface area contributed by atoms with Gasteiger partial charge in [0, 0.05) is 10.4 Å². The molecule has 1 heterocycles. The molecule has 164 valence electrons. The van der Waals surface area contributed by atoms with Crippen molar-refractivity contribution in [2.24, 2.45) is 11.8 Å². The molecule has 0 aliphatic heterocycles. The number of hydrogen-bond donors (Lipinski definition) is 2. The van der Waals surface area contributed by atoms with E-state index in [0.29, 0.717) is 30.0 Å². The van der Waals surface area contributed by atoms with E-state index >= 15 is 0 Å². The lowest BCUT2D eigenvalue weighted by atomic mass is 9.82. The van der Waals surface area contributed by atoms with Crippen molar-refractivity contribution in [2.45, 2.75) is 26.7 Å². The van der Waals surface area contributed by atoms with Gasteiger partial charge in [-0.2, -0.15) is 0 Å². The summed E-state index contributed by atoms with van der Waals surface area (Å²) >= 11 is 1.27. The minimum atomic E-state index is -1.00. The number of methoxy groups -OCH3 is 1. The van der Waals surface area contributed by atoms with Crippen molar-refractivity contribution < 1.29 is 29.0 Å². The maximum Gasteiger partial charge on any atom is 0.341 e. The third kappa shape index (κ3) is 4.80. The van der Waals surface area contributed by atoms with Crippen molar-refractivity contribution in [1.82, 2.24) is 0 Å². The maximum absolute atomic E-state index is 12.9. The van der Waals surface area contributed by atoms with Crippen LogP contribution < -0.4 is 10.1 Å². The van der Waals surface area contributed by atoms with Crippen molar-refractivity contribution in [3.8, 4) is 16.9 Å². The number of hydrogen-bond acceptors (Lipinski definition) is 6. The van der Waals surface area contributed by atoms with Crippen LogP contribution in [-0.4, -0.2) is 36.7 Å². The van der Waals surface area contributed by atoms with Crippen LogP contribution in [0.3, 0.4) is 0 Å². The zero-order valence-electron chi connectivity index (χ0n) is 17.6. The molecule has 31 heavy (non-hydrogen) atoms. The molecule has 8 heteroatoms. The van der Waals surface area contributed by atoms with Gasteiger partial charge in [0.1, 0.15) is 16.3 Å². The number of carbonyl (C=O) groups excluding carboxylic acids is 2. The SMILES string of the molecule is CCOc1ccc(-c2c(C)sc(NC(=O)[C@H]3CC=CC[C@H]3C(=O)O)c2C(=O)OC)cc1. The third-order valence-corrected chi connectivity index (χ3v) is 6.27. The number of esters is 1. The van der Waals surface area contributed by atoms with Gasteiger partial charge < -0.3 is 19.9 Å². The van der Waals surface area contributed by atoms with E-state index in [9.17, 15) is 19.5 Å². The minimum absolute atomic E-state index is 0.265. The van der Waals surface area contributed by atoms with E-state index in [-0.39, 0.29) is 5.56 Å². The van der Waals surface area contributed by atoms with Gasteiger partial charge in [-0.25, -0.2) is 4.79 Å². The second kappa shape index (κ2) is 9.78. The molecule has 0 saturated heterocycles. The zero-order valence-corrected chi connectivity index (χ0v) is 18.5. The summed E-state index contributed by atoms with van der Waals surface area (Å²) < 4.78 is 10.5. The lowest BCUT2D eigenvalue weighted by Gasteiger charge is -2.24. The topological polar surface area (TPSA) is 102 Å². The summed E-state index contributed by atoms with van der Waals surface area (Å²) in [4.78, 5) is 38.0. The number of carboxylic acids is 1. The lowest BCUT2D eigenvalue weighted by molar-refractivity contribution is -0.146. The molecule has 1 aromatic heterocycles. The van der Waals surface area contributed by atoms with Crippen LogP contribution in [0.1, 0.15) is 35.0 Å². The quantitative estimate of drug-likeness (QED) is 0.482. The molecule has 1 amide bonds. The average molecular weight is 444 g/mol. The molecule has 0 radical (unpaired) electrons. The standard InChI is InChI=1S/C23H25NO6S/c1-4-30-15-11-9-14(10-12-15)18-13(2)31-21(19(18)23(28)29-3)24-20(25)16-7-5-6-8-17(16)22(26)27/h5-6,9-12,16-17H,4,7-8H2,1-3H3,(H,24,25)(H,26,27)/t16-,17+/m0/s1. The summed E-state index contributed by atoms with van der Waals surface area (Å²) in [6.07, 6.45) is 4.24. The summed E-state index contributed by atoms with van der Waals surface area (Å²) in [5.41, 5.74) is 1.73. The summed E-state index contributed by atoms with van der Waals surface area (Å²) in [6, 6.07) is 7.34. The number of amides is 1. The molecule has 0 bridgehead atoms. The van der Waals surface area contributed by atoms with Crippen molar-refractivity contribution in [1.29, 1.82) is 0 Å². The van der Waals surface area contributed by atoms with Crippen LogP contribution in [0.5, 0.6) is 5.75 Å². The number of carboxylic acid groups (broad SMARTS) is 1. The number of thiophene rings is 1. The molecule has 0 fully saturated rings. The Morgan fingerprint density at radius 2 is 1.77 bits per heavy atom. The second-order valence-corrected chi connectivity index (χ2v) is 8.39. The molecule has 0 unspecified atom stereocenters. The number of nitrogens with one attached hydrogen (secondary N) is 1. The van der Waals surface area contributed by atoms with Crippen LogP contribution in [0.15, 0.2) is 36.4 Å². The highest BCUT2D eigenvalue weighted by molar-refractivity contribution is 7.17. The fourth-order valence-corrected chi connectivity index (χ4v) is 4.81. The maximum atomic E-state index is 12.9. The van der Waals surface area contributed by atoms with Crippen LogP contribution in [0.2, 0.25) is 0 Å². The molecule has 2 atom stereocenters. The van der Waals surface area contributed by atoms with Gasteiger partial charge in [-0.15, -0.1) is 11.3 Å². The zero-order chi connectivity index (χ0) is 22.5. The largest absolute Gasteiger partial charge is 0.494 e. The molecular formula is C23H25NO6S. The molecule has 0 saturated carbocycles. The Hall–Kier alpha value is -3.13. The van der Waals surface area contributed by atoms with Gasteiger partial charge in [0.2, 0.25) is 5.91 Å². The lowest BCUT2D eigenvalue weighted by Crippen LogP contribution is -2.34. The van der Waals surface area contributed by atoms with Crippen molar-refractivity contribution >= 4 is 34.2 Å². The van der Waals surface area contributed by atoms with E-state index in [1.54, 1.807) is 6.08 Å². The number of aliphatic carboxylic acids is 1. The van der Waals surface area contributed by atoms with Gasteiger partial charge in [-0.05, 0) is 44.4 Å². The highest BCUT2D eigenvalue weighted by atomic mass is 32.1. The minimum Gasteiger partial charge on any atom is -0.494 e. The van der Waals surface area contributed by atoms with E-state index in [1.165, 1.54) is 18.4 Å². The smallest absolute Gasteiger partial charge is 0.341 e. The fourth-order valence-electron chi connectivity index (χ4n) is 3.74. The number of anilines is 1. The van der Waals surface area contributed by atoms with Crippen LogP contribution in [-0.2, 0) is 14.3 Å². The first-order valence-corrected chi connectivity index (χ1v) is 10.8. The number of benzene rings is 1. The summed E-state index contributed by atoms with van der Waals surface area (Å²) in [7, 11) is 1.29. The van der Waals surface area contributed by atoms with Crippen molar-refractivity contribution in [2.75, 3.05) is 19.0 Å². The molecule has 2 N–H and O–H groups in total. The molecule has 1 aromatic carbocycles. The van der Waals surface area contributed by atoms with Gasteiger partial charge in [0.05, 0.1) is 25.6 Å². The number of allylic oxidation sites excluding steroid dienone is 2. The molecule has 1 aliphatic carbocycles. The molecular weight excluding hydrogens is 418 g/mol. The highest BCUT2D eigenvalue weighted by Crippen LogP contribution is 2.41. The van der Waals surface area contributed by atoms with Gasteiger partial charge in [-0.1, -0.05) is 24.3 Å². The van der Waals surface area contributed by atoms with Crippen LogP contribution in [0.4, 0.5) is 5.00 Å². The number of aryl methyl sites for hydroxylation is 1. The number of rotatable bonds is 7. The van der Waals surface area contributed by atoms with E-state index in [4.69, 9.17) is 9.47 Å². The van der Waals surface area contributed by atoms with Gasteiger partial charge >= 0.3 is 11.9 Å². The Bertz CT molecular complexity index is 1010. The third-order valence-electron chi connectivity index (χ3n) is 5.25. The Morgan fingerprint density at radius 3 is 2.35 bits per heavy atom.